The molecule has 1 aromatic rings. The summed E-state index contributed by atoms with van der Waals surface area (Å²) in [4.78, 5) is 28.7. The normalized spacial score (nSPS) is 40.6. The highest BCUT2D eigenvalue weighted by Gasteiger charge is 2.64. The highest BCUT2D eigenvalue weighted by Crippen LogP contribution is 2.63. The number of hydrogen-bond donors (Lipinski definition) is 2. The molecule has 1 saturated heterocycles. The number of piperidine rings is 1. The van der Waals surface area contributed by atoms with E-state index in [1.807, 2.05) is 30.3 Å². The lowest BCUT2D eigenvalue weighted by Crippen LogP contribution is -2.66. The number of fused-ring (bicyclic) bond motifs is 1. The highest BCUT2D eigenvalue weighted by atomic mass is 16.5. The topological polar surface area (TPSA) is 103 Å². The second-order valence-electron chi connectivity index (χ2n) is 11.4. The van der Waals surface area contributed by atoms with E-state index in [1.54, 1.807) is 4.90 Å². The Balaban J connectivity index is 1.27. The van der Waals surface area contributed by atoms with E-state index in [1.165, 1.54) is 0 Å². The number of nitrogens with zero attached hydrogens (tertiary/aromatic N) is 2. The van der Waals surface area contributed by atoms with Crippen molar-refractivity contribution in [2.75, 3.05) is 0 Å². The average Bonchev–Trinajstić information content (AvgIpc) is 3.44. The first-order chi connectivity index (χ1) is 15.9. The number of nitrogens with one attached hydrogen (secondary N) is 1. The van der Waals surface area contributed by atoms with Crippen molar-refractivity contribution in [1.82, 2.24) is 10.2 Å². The fraction of sp³-hybridized carbons (Fsp3) is 0.654. The Morgan fingerprint density at radius 3 is 2.55 bits per heavy atom. The van der Waals surface area contributed by atoms with E-state index in [2.05, 4.69) is 11.4 Å². The fourth-order valence-corrected chi connectivity index (χ4v) is 8.02. The molecule has 1 heterocycles. The number of benzene rings is 1. The number of aliphatic hydroxyl groups is 1. The van der Waals surface area contributed by atoms with Crippen LogP contribution in [-0.2, 0) is 16.1 Å². The summed E-state index contributed by atoms with van der Waals surface area (Å²) in [5, 5.41) is 23.9. The molecule has 0 aromatic heterocycles. The molecule has 2 N–H and O–H groups in total. The Morgan fingerprint density at radius 1 is 1.15 bits per heavy atom. The summed E-state index contributed by atoms with van der Waals surface area (Å²) in [6.07, 6.45) is 5.93. The molecule has 6 atom stereocenters. The van der Waals surface area contributed by atoms with Crippen molar-refractivity contribution in [3.63, 3.8) is 0 Å². The molecular weight excluding hydrogens is 418 g/mol. The first-order valence-corrected chi connectivity index (χ1v) is 12.3. The number of ether oxygens (including phenoxy) is 1. The van der Waals surface area contributed by atoms with Crippen LogP contribution in [0.1, 0.15) is 56.9 Å². The van der Waals surface area contributed by atoms with Crippen molar-refractivity contribution in [3.05, 3.63) is 35.9 Å². The summed E-state index contributed by atoms with van der Waals surface area (Å²) in [7, 11) is 0. The van der Waals surface area contributed by atoms with Crippen molar-refractivity contribution in [2.24, 2.45) is 23.2 Å². The van der Waals surface area contributed by atoms with E-state index >= 15 is 0 Å². The number of likely N-dealkylation sites (tertiary alicyclic amines) is 1. The van der Waals surface area contributed by atoms with E-state index in [0.29, 0.717) is 24.2 Å². The second-order valence-corrected chi connectivity index (χ2v) is 11.4. The van der Waals surface area contributed by atoms with Gasteiger partial charge in [0.1, 0.15) is 18.7 Å². The van der Waals surface area contributed by atoms with Crippen LogP contribution in [0.3, 0.4) is 0 Å². The zero-order valence-electron chi connectivity index (χ0n) is 18.8. The monoisotopic (exact) mass is 449 g/mol. The number of nitriles is 1. The molecule has 4 bridgehead atoms. The van der Waals surface area contributed by atoms with Gasteiger partial charge in [0, 0.05) is 11.5 Å². The van der Waals surface area contributed by atoms with Gasteiger partial charge in [-0.15, -0.1) is 0 Å². The van der Waals surface area contributed by atoms with E-state index in [4.69, 9.17) is 4.74 Å². The Morgan fingerprint density at radius 2 is 1.88 bits per heavy atom. The molecule has 5 aliphatic carbocycles. The lowest BCUT2D eigenvalue weighted by molar-refractivity contribution is -0.180. The standard InChI is InChI=1S/C26H31N3O4/c27-13-20-7-19-8-21(19)29(20)23(30)22(28-24(31)33-14-16-4-2-1-3-5-16)25-9-17-6-18(10-25)12-26(32,11-17)15-25/h1-5,17-22,32H,6-12,14-15H2,(H,28,31)/t17-,18-,19+,20-,21-,22+,25?,26?/m0/s1. The third-order valence-electron chi connectivity index (χ3n) is 8.92. The summed E-state index contributed by atoms with van der Waals surface area (Å²) in [6.45, 7) is 0.130. The number of carbonyl (C=O) groups excluding carboxylic acids is 2. The molecule has 2 amide bonds. The Kier molecular flexibility index (Phi) is 4.74. The first-order valence-electron chi connectivity index (χ1n) is 12.3. The summed E-state index contributed by atoms with van der Waals surface area (Å²) in [5.41, 5.74) is -0.348. The van der Waals surface area contributed by atoms with Crippen molar-refractivity contribution in [1.29, 1.82) is 5.26 Å². The minimum absolute atomic E-state index is 0.115. The van der Waals surface area contributed by atoms with Gasteiger partial charge in [0.15, 0.2) is 0 Å². The van der Waals surface area contributed by atoms with Gasteiger partial charge in [-0.2, -0.15) is 5.26 Å². The summed E-state index contributed by atoms with van der Waals surface area (Å²) in [5.74, 6) is 1.01. The van der Waals surface area contributed by atoms with Crippen LogP contribution in [0.5, 0.6) is 0 Å². The van der Waals surface area contributed by atoms with Crippen LogP contribution in [0.25, 0.3) is 0 Å². The maximum atomic E-state index is 14.0. The highest BCUT2D eigenvalue weighted by molar-refractivity contribution is 5.88. The molecule has 1 aromatic carbocycles. The molecule has 0 radical (unpaired) electrons. The molecule has 6 aliphatic rings. The van der Waals surface area contributed by atoms with Crippen LogP contribution in [0.15, 0.2) is 30.3 Å². The largest absolute Gasteiger partial charge is 0.445 e. The van der Waals surface area contributed by atoms with Gasteiger partial charge in [-0.1, -0.05) is 30.3 Å². The molecule has 7 nitrogen and oxygen atoms in total. The minimum Gasteiger partial charge on any atom is -0.445 e. The predicted octanol–water partition coefficient (Wildman–Crippen LogP) is 3.13. The molecular formula is C26H31N3O4. The molecule has 5 saturated carbocycles. The SMILES string of the molecule is N#C[C@@H]1C[C@@H]2C[C@@H]2N1C(=O)[C@@H](NC(=O)OCc1ccccc1)C12C[C@@H]3C[C@H](CC(O)(C3)C1)C2. The summed E-state index contributed by atoms with van der Waals surface area (Å²) < 4.78 is 5.50. The molecule has 7 heteroatoms. The van der Waals surface area contributed by atoms with Crippen LogP contribution in [-0.4, -0.2) is 45.7 Å². The lowest BCUT2D eigenvalue weighted by atomic mass is 9.46. The summed E-state index contributed by atoms with van der Waals surface area (Å²) >= 11 is 0. The molecule has 6 fully saturated rings. The predicted molar refractivity (Wildman–Crippen MR) is 118 cm³/mol. The molecule has 0 spiro atoms. The first kappa shape index (κ1) is 21.0. The Labute approximate surface area is 194 Å². The van der Waals surface area contributed by atoms with E-state index < -0.39 is 29.2 Å². The van der Waals surface area contributed by atoms with Gasteiger partial charge in [0.05, 0.1) is 11.7 Å². The maximum Gasteiger partial charge on any atom is 0.408 e. The van der Waals surface area contributed by atoms with Gasteiger partial charge in [-0.3, -0.25) is 4.79 Å². The molecule has 1 aliphatic heterocycles. The van der Waals surface area contributed by atoms with Gasteiger partial charge in [0.25, 0.3) is 0 Å². The lowest BCUT2D eigenvalue weighted by Gasteiger charge is -2.62. The van der Waals surface area contributed by atoms with Crippen LogP contribution in [0, 0.1) is 34.5 Å². The number of alkyl carbamates (subject to hydrolysis) is 1. The zero-order valence-corrected chi connectivity index (χ0v) is 18.8. The van der Waals surface area contributed by atoms with Gasteiger partial charge in [0.2, 0.25) is 5.91 Å². The second kappa shape index (κ2) is 7.46. The number of amides is 2. The summed E-state index contributed by atoms with van der Waals surface area (Å²) in [6, 6.07) is 10.7. The third-order valence-corrected chi connectivity index (χ3v) is 8.92. The molecule has 33 heavy (non-hydrogen) atoms. The van der Waals surface area contributed by atoms with Crippen LogP contribution >= 0.6 is 0 Å². The van der Waals surface area contributed by atoms with Gasteiger partial charge in [-0.05, 0) is 74.7 Å². The fourth-order valence-electron chi connectivity index (χ4n) is 8.02. The van der Waals surface area contributed by atoms with Crippen molar-refractivity contribution in [2.45, 2.75) is 81.7 Å². The van der Waals surface area contributed by atoms with Crippen LogP contribution in [0.2, 0.25) is 0 Å². The van der Waals surface area contributed by atoms with Gasteiger partial charge in [-0.25, -0.2) is 4.79 Å². The van der Waals surface area contributed by atoms with E-state index in [0.717, 1.165) is 50.5 Å². The Hall–Kier alpha value is -2.59. The van der Waals surface area contributed by atoms with Crippen molar-refractivity contribution >= 4 is 12.0 Å². The minimum atomic E-state index is -0.770. The van der Waals surface area contributed by atoms with Crippen LogP contribution in [0.4, 0.5) is 4.79 Å². The van der Waals surface area contributed by atoms with Crippen molar-refractivity contribution < 1.29 is 19.4 Å². The van der Waals surface area contributed by atoms with Crippen LogP contribution < -0.4 is 5.32 Å². The van der Waals surface area contributed by atoms with E-state index in [9.17, 15) is 20.0 Å². The quantitative estimate of drug-likeness (QED) is 0.719. The molecule has 7 rings (SSSR count). The maximum absolute atomic E-state index is 14.0. The van der Waals surface area contributed by atoms with Crippen molar-refractivity contribution in [3.8, 4) is 6.07 Å². The Bertz CT molecular complexity index is 991. The third kappa shape index (κ3) is 3.59. The van der Waals surface area contributed by atoms with Gasteiger partial charge >= 0.3 is 6.09 Å². The van der Waals surface area contributed by atoms with E-state index in [-0.39, 0.29) is 18.6 Å². The average molecular weight is 450 g/mol. The smallest absolute Gasteiger partial charge is 0.408 e. The number of carbonyl (C=O) groups is 2. The number of rotatable bonds is 5. The zero-order chi connectivity index (χ0) is 22.8. The van der Waals surface area contributed by atoms with Gasteiger partial charge < -0.3 is 20.1 Å². The number of hydrogen-bond acceptors (Lipinski definition) is 5. The molecule has 174 valence electrons. The molecule has 0 unspecified atom stereocenters.